The molecule has 0 aliphatic carbocycles. The van der Waals surface area contributed by atoms with E-state index in [1.165, 1.54) is 16.7 Å². The van der Waals surface area contributed by atoms with Crippen LogP contribution in [0, 0.1) is 0 Å². The van der Waals surface area contributed by atoms with Gasteiger partial charge in [-0.25, -0.2) is 0 Å². The molecule has 0 amide bonds. The third kappa shape index (κ3) is 3.10. The van der Waals surface area contributed by atoms with Gasteiger partial charge in [0.15, 0.2) is 0 Å². The monoisotopic (exact) mass is 262 g/mol. The maximum absolute atomic E-state index is 5.83. The molecular formula is C16H26N2O. The van der Waals surface area contributed by atoms with Crippen LogP contribution in [0.1, 0.15) is 43.5 Å². The summed E-state index contributed by atoms with van der Waals surface area (Å²) in [4.78, 5) is 2.40. The van der Waals surface area contributed by atoms with Gasteiger partial charge in [-0.05, 0) is 51.1 Å². The molecule has 0 radical (unpaired) electrons. The average molecular weight is 262 g/mol. The maximum Gasteiger partial charge on any atom is 0.124 e. The molecule has 1 aliphatic heterocycles. The molecule has 1 atom stereocenters. The van der Waals surface area contributed by atoms with Gasteiger partial charge in [0.05, 0.1) is 6.61 Å². The average Bonchev–Trinajstić information content (AvgIpc) is 2.42. The van der Waals surface area contributed by atoms with Gasteiger partial charge in [0.25, 0.3) is 0 Å². The summed E-state index contributed by atoms with van der Waals surface area (Å²) < 4.78 is 5.83. The van der Waals surface area contributed by atoms with Crippen molar-refractivity contribution in [1.82, 2.24) is 10.2 Å². The lowest BCUT2D eigenvalue weighted by Crippen LogP contribution is -2.30. The second-order valence-corrected chi connectivity index (χ2v) is 5.28. The molecule has 0 saturated heterocycles. The van der Waals surface area contributed by atoms with E-state index < -0.39 is 0 Å². The largest absolute Gasteiger partial charge is 0.494 e. The third-order valence-electron chi connectivity index (χ3n) is 4.03. The van der Waals surface area contributed by atoms with Crippen molar-refractivity contribution < 1.29 is 4.74 Å². The van der Waals surface area contributed by atoms with Crippen LogP contribution < -0.4 is 10.1 Å². The molecule has 19 heavy (non-hydrogen) atoms. The first-order valence-electron chi connectivity index (χ1n) is 7.36. The number of likely N-dealkylation sites (N-methyl/N-ethyl adjacent to an activating group) is 1. The van der Waals surface area contributed by atoms with Crippen LogP contribution in [0.2, 0.25) is 0 Å². The van der Waals surface area contributed by atoms with E-state index in [9.17, 15) is 0 Å². The standard InChI is InChI=1S/C16H26N2O/c1-5-17-11-14-9-13-7-8-18(4)12(3)15(13)10-16(14)19-6-2/h9-10,12,17H,5-8,11H2,1-4H3. The van der Waals surface area contributed by atoms with E-state index in [2.05, 4.69) is 43.2 Å². The molecule has 0 fully saturated rings. The fraction of sp³-hybridized carbons (Fsp3) is 0.625. The summed E-state index contributed by atoms with van der Waals surface area (Å²) in [7, 11) is 2.19. The fourth-order valence-corrected chi connectivity index (χ4v) is 2.71. The van der Waals surface area contributed by atoms with Gasteiger partial charge >= 0.3 is 0 Å². The maximum atomic E-state index is 5.83. The predicted molar refractivity (Wildman–Crippen MR) is 79.7 cm³/mol. The molecule has 0 spiro atoms. The van der Waals surface area contributed by atoms with Crippen LogP contribution in [0.25, 0.3) is 0 Å². The minimum Gasteiger partial charge on any atom is -0.494 e. The Morgan fingerprint density at radius 2 is 2.16 bits per heavy atom. The van der Waals surface area contributed by atoms with Gasteiger partial charge in [0.2, 0.25) is 0 Å². The highest BCUT2D eigenvalue weighted by atomic mass is 16.5. The second kappa shape index (κ2) is 6.40. The Morgan fingerprint density at radius 1 is 1.37 bits per heavy atom. The molecule has 1 unspecified atom stereocenters. The molecule has 0 saturated carbocycles. The molecule has 1 aromatic carbocycles. The normalized spacial score (nSPS) is 19.3. The lowest BCUT2D eigenvalue weighted by molar-refractivity contribution is 0.246. The highest BCUT2D eigenvalue weighted by Crippen LogP contribution is 2.33. The second-order valence-electron chi connectivity index (χ2n) is 5.28. The Labute approximate surface area is 116 Å². The van der Waals surface area contributed by atoms with Crippen molar-refractivity contribution in [1.29, 1.82) is 0 Å². The molecule has 106 valence electrons. The number of hydrogen-bond donors (Lipinski definition) is 1. The summed E-state index contributed by atoms with van der Waals surface area (Å²) in [6.07, 6.45) is 1.14. The van der Waals surface area contributed by atoms with Gasteiger partial charge in [-0.2, -0.15) is 0 Å². The molecule has 1 N–H and O–H groups in total. The third-order valence-corrected chi connectivity index (χ3v) is 4.03. The van der Waals surface area contributed by atoms with E-state index in [1.54, 1.807) is 0 Å². The van der Waals surface area contributed by atoms with Gasteiger partial charge in [0, 0.05) is 24.7 Å². The minimum absolute atomic E-state index is 0.483. The Morgan fingerprint density at radius 3 is 2.84 bits per heavy atom. The number of nitrogens with one attached hydrogen (secondary N) is 1. The lowest BCUT2D eigenvalue weighted by Gasteiger charge is -2.33. The number of benzene rings is 1. The Balaban J connectivity index is 2.35. The number of fused-ring (bicyclic) bond motifs is 1. The summed E-state index contributed by atoms with van der Waals surface area (Å²) in [6.45, 7) is 10.2. The van der Waals surface area contributed by atoms with Crippen LogP contribution in [-0.4, -0.2) is 31.6 Å². The summed E-state index contributed by atoms with van der Waals surface area (Å²) >= 11 is 0. The molecule has 1 aromatic rings. The van der Waals surface area contributed by atoms with Crippen molar-refractivity contribution in [2.45, 2.75) is 39.8 Å². The highest BCUT2D eigenvalue weighted by Gasteiger charge is 2.22. The Kier molecular flexibility index (Phi) is 4.83. The first-order valence-corrected chi connectivity index (χ1v) is 7.36. The van der Waals surface area contributed by atoms with Crippen molar-refractivity contribution in [3.05, 3.63) is 28.8 Å². The van der Waals surface area contributed by atoms with Crippen LogP contribution in [0.4, 0.5) is 0 Å². The zero-order chi connectivity index (χ0) is 13.8. The first-order chi connectivity index (χ1) is 9.17. The van der Waals surface area contributed by atoms with E-state index in [4.69, 9.17) is 4.74 Å². The zero-order valence-corrected chi connectivity index (χ0v) is 12.6. The van der Waals surface area contributed by atoms with E-state index in [-0.39, 0.29) is 0 Å². The van der Waals surface area contributed by atoms with E-state index in [0.717, 1.165) is 38.4 Å². The molecule has 0 aromatic heterocycles. The molecule has 3 nitrogen and oxygen atoms in total. The lowest BCUT2D eigenvalue weighted by atomic mass is 9.91. The smallest absolute Gasteiger partial charge is 0.124 e. The van der Waals surface area contributed by atoms with Crippen molar-refractivity contribution >= 4 is 0 Å². The van der Waals surface area contributed by atoms with Crippen molar-refractivity contribution in [3.8, 4) is 5.75 Å². The SMILES string of the molecule is CCNCc1cc2c(cc1OCC)C(C)N(C)CC2. The van der Waals surface area contributed by atoms with E-state index in [0.29, 0.717) is 6.04 Å². The Bertz CT molecular complexity index is 431. The molecule has 1 heterocycles. The van der Waals surface area contributed by atoms with E-state index in [1.807, 2.05) is 6.92 Å². The zero-order valence-electron chi connectivity index (χ0n) is 12.6. The molecule has 0 bridgehead atoms. The van der Waals surface area contributed by atoms with Crippen LogP contribution in [0.5, 0.6) is 5.75 Å². The topological polar surface area (TPSA) is 24.5 Å². The van der Waals surface area contributed by atoms with Gasteiger partial charge < -0.3 is 10.1 Å². The molecular weight excluding hydrogens is 236 g/mol. The van der Waals surface area contributed by atoms with Gasteiger partial charge in [0.1, 0.15) is 5.75 Å². The van der Waals surface area contributed by atoms with Crippen molar-refractivity contribution in [3.63, 3.8) is 0 Å². The summed E-state index contributed by atoms with van der Waals surface area (Å²) in [5, 5.41) is 3.40. The quantitative estimate of drug-likeness (QED) is 0.883. The number of rotatable bonds is 5. The van der Waals surface area contributed by atoms with Crippen molar-refractivity contribution in [2.75, 3.05) is 26.7 Å². The van der Waals surface area contributed by atoms with Gasteiger partial charge in [-0.3, -0.25) is 4.90 Å². The number of ether oxygens (including phenoxy) is 1. The van der Waals surface area contributed by atoms with Crippen LogP contribution in [0.3, 0.4) is 0 Å². The Hall–Kier alpha value is -1.06. The van der Waals surface area contributed by atoms with Crippen LogP contribution >= 0.6 is 0 Å². The van der Waals surface area contributed by atoms with E-state index >= 15 is 0 Å². The first kappa shape index (κ1) is 14.4. The van der Waals surface area contributed by atoms with Crippen LogP contribution in [-0.2, 0) is 13.0 Å². The molecule has 3 heteroatoms. The highest BCUT2D eigenvalue weighted by molar-refractivity contribution is 5.45. The molecule has 1 aliphatic rings. The fourth-order valence-electron chi connectivity index (χ4n) is 2.71. The summed E-state index contributed by atoms with van der Waals surface area (Å²) in [5.74, 6) is 1.05. The number of nitrogens with zero attached hydrogens (tertiary/aromatic N) is 1. The van der Waals surface area contributed by atoms with Crippen LogP contribution in [0.15, 0.2) is 12.1 Å². The van der Waals surface area contributed by atoms with Crippen molar-refractivity contribution in [2.24, 2.45) is 0 Å². The minimum atomic E-state index is 0.483. The van der Waals surface area contributed by atoms with Gasteiger partial charge in [-0.1, -0.05) is 13.0 Å². The summed E-state index contributed by atoms with van der Waals surface area (Å²) in [6, 6.07) is 5.08. The van der Waals surface area contributed by atoms with Gasteiger partial charge in [-0.15, -0.1) is 0 Å². The predicted octanol–water partition coefficient (Wildman–Crippen LogP) is 2.74. The number of hydrogen-bond acceptors (Lipinski definition) is 3. The summed E-state index contributed by atoms with van der Waals surface area (Å²) in [5.41, 5.74) is 4.21. The molecule has 2 rings (SSSR count).